The monoisotopic (exact) mass is 304 g/mol. The lowest BCUT2D eigenvalue weighted by Gasteiger charge is -2.11. The van der Waals surface area contributed by atoms with Crippen LogP contribution >= 0.6 is 12.4 Å². The van der Waals surface area contributed by atoms with Gasteiger partial charge < -0.3 is 10.1 Å². The Balaban J connectivity index is 0.00000147. The highest BCUT2D eigenvalue weighted by atomic mass is 35.5. The van der Waals surface area contributed by atoms with Gasteiger partial charge in [-0.1, -0.05) is 0 Å². The van der Waals surface area contributed by atoms with E-state index in [1.165, 1.54) is 0 Å². The standard InChI is InChI=1S/C13H14F2N2O2.ClH/c14-13(15)6-10(16-7-13)12(18)17-9-1-2-11-8(5-9)3-4-19-11;/h1-2,5,10,16H,3-4,6-7H2,(H,17,18);1H. The molecule has 3 rings (SSSR count). The van der Waals surface area contributed by atoms with Crippen molar-refractivity contribution in [3.63, 3.8) is 0 Å². The first kappa shape index (κ1) is 15.0. The third-order valence-electron chi connectivity index (χ3n) is 3.38. The molecule has 1 fully saturated rings. The highest BCUT2D eigenvalue weighted by Gasteiger charge is 2.42. The molecule has 0 bridgehead atoms. The van der Waals surface area contributed by atoms with Gasteiger partial charge in [-0.3, -0.25) is 10.1 Å². The molecule has 1 atom stereocenters. The van der Waals surface area contributed by atoms with Crippen molar-refractivity contribution in [3.8, 4) is 5.75 Å². The summed E-state index contributed by atoms with van der Waals surface area (Å²) in [6, 6.07) is 4.50. The molecule has 4 nitrogen and oxygen atoms in total. The number of hydrogen-bond acceptors (Lipinski definition) is 3. The zero-order valence-corrected chi connectivity index (χ0v) is 11.4. The summed E-state index contributed by atoms with van der Waals surface area (Å²) >= 11 is 0. The Morgan fingerprint density at radius 3 is 2.95 bits per heavy atom. The maximum absolute atomic E-state index is 13.0. The molecule has 2 N–H and O–H groups in total. The number of rotatable bonds is 2. The van der Waals surface area contributed by atoms with Crippen molar-refractivity contribution >= 4 is 24.0 Å². The first-order chi connectivity index (χ1) is 9.03. The van der Waals surface area contributed by atoms with Crippen molar-refractivity contribution in [1.82, 2.24) is 5.32 Å². The highest BCUT2D eigenvalue weighted by molar-refractivity contribution is 5.95. The number of nitrogens with one attached hydrogen (secondary N) is 2. The van der Waals surface area contributed by atoms with E-state index in [-0.39, 0.29) is 12.4 Å². The molecule has 2 aliphatic heterocycles. The molecular weight excluding hydrogens is 290 g/mol. The summed E-state index contributed by atoms with van der Waals surface area (Å²) < 4.78 is 31.4. The molecule has 0 radical (unpaired) electrons. The lowest BCUT2D eigenvalue weighted by molar-refractivity contribution is -0.118. The van der Waals surface area contributed by atoms with Gasteiger partial charge in [-0.15, -0.1) is 12.4 Å². The molecule has 1 aromatic carbocycles. The zero-order chi connectivity index (χ0) is 13.5. The summed E-state index contributed by atoms with van der Waals surface area (Å²) in [7, 11) is 0. The van der Waals surface area contributed by atoms with Crippen molar-refractivity contribution in [1.29, 1.82) is 0 Å². The van der Waals surface area contributed by atoms with Crippen molar-refractivity contribution in [3.05, 3.63) is 23.8 Å². The number of amides is 1. The number of hydrogen-bond donors (Lipinski definition) is 2. The number of carbonyl (C=O) groups is 1. The summed E-state index contributed by atoms with van der Waals surface area (Å²) in [5.41, 5.74) is 1.65. The van der Waals surface area contributed by atoms with Crippen LogP contribution < -0.4 is 15.4 Å². The normalized spacial score (nSPS) is 22.6. The second-order valence-corrected chi connectivity index (χ2v) is 4.90. The molecule has 7 heteroatoms. The van der Waals surface area contributed by atoms with E-state index < -0.39 is 30.8 Å². The van der Waals surface area contributed by atoms with Crippen LogP contribution in [0.5, 0.6) is 5.75 Å². The van der Waals surface area contributed by atoms with Crippen LogP contribution in [0.3, 0.4) is 0 Å². The van der Waals surface area contributed by atoms with Gasteiger partial charge in [0.2, 0.25) is 5.91 Å². The predicted molar refractivity (Wildman–Crippen MR) is 72.9 cm³/mol. The van der Waals surface area contributed by atoms with Crippen molar-refractivity contribution in [2.24, 2.45) is 0 Å². The van der Waals surface area contributed by atoms with Crippen LogP contribution in [-0.2, 0) is 11.2 Å². The Morgan fingerprint density at radius 2 is 2.25 bits per heavy atom. The van der Waals surface area contributed by atoms with Gasteiger partial charge in [0.25, 0.3) is 5.92 Å². The molecule has 2 heterocycles. The van der Waals surface area contributed by atoms with E-state index in [0.29, 0.717) is 12.3 Å². The Labute approximate surface area is 121 Å². The SMILES string of the molecule is Cl.O=C(Nc1ccc2c(c1)CCO2)C1CC(F)(F)CN1. The molecule has 2 aliphatic rings. The van der Waals surface area contributed by atoms with E-state index in [0.717, 1.165) is 17.7 Å². The molecule has 0 saturated carbocycles. The molecule has 0 spiro atoms. The van der Waals surface area contributed by atoms with Gasteiger partial charge in [-0.05, 0) is 23.8 Å². The molecule has 1 unspecified atom stereocenters. The van der Waals surface area contributed by atoms with Crippen LogP contribution in [0.1, 0.15) is 12.0 Å². The van der Waals surface area contributed by atoms with E-state index in [2.05, 4.69) is 10.6 Å². The minimum absolute atomic E-state index is 0. The molecule has 1 aromatic rings. The zero-order valence-electron chi connectivity index (χ0n) is 10.6. The second-order valence-electron chi connectivity index (χ2n) is 4.90. The Hall–Kier alpha value is -1.40. The molecule has 0 aromatic heterocycles. The van der Waals surface area contributed by atoms with Gasteiger partial charge >= 0.3 is 0 Å². The van der Waals surface area contributed by atoms with Gasteiger partial charge in [0.05, 0.1) is 19.2 Å². The first-order valence-corrected chi connectivity index (χ1v) is 6.21. The van der Waals surface area contributed by atoms with E-state index in [1.807, 2.05) is 6.07 Å². The second kappa shape index (κ2) is 5.54. The molecule has 0 aliphatic carbocycles. The molecular formula is C13H15ClF2N2O2. The number of carbonyl (C=O) groups excluding carboxylic acids is 1. The molecule has 20 heavy (non-hydrogen) atoms. The van der Waals surface area contributed by atoms with Crippen LogP contribution in [0.15, 0.2) is 18.2 Å². The maximum Gasteiger partial charge on any atom is 0.262 e. The van der Waals surface area contributed by atoms with Crippen LogP contribution in [0, 0.1) is 0 Å². The fourth-order valence-electron chi connectivity index (χ4n) is 2.39. The fourth-order valence-corrected chi connectivity index (χ4v) is 2.39. The quantitative estimate of drug-likeness (QED) is 0.878. The third-order valence-corrected chi connectivity index (χ3v) is 3.38. The number of fused-ring (bicyclic) bond motifs is 1. The third kappa shape index (κ3) is 3.02. The van der Waals surface area contributed by atoms with Crippen LogP contribution in [0.2, 0.25) is 0 Å². The Bertz CT molecular complexity index is 525. The number of anilines is 1. The van der Waals surface area contributed by atoms with Crippen molar-refractivity contribution in [2.45, 2.75) is 24.8 Å². The predicted octanol–water partition coefficient (Wildman–Crippen LogP) is 1.98. The highest BCUT2D eigenvalue weighted by Crippen LogP contribution is 2.29. The van der Waals surface area contributed by atoms with Crippen LogP contribution in [-0.4, -0.2) is 31.0 Å². The Morgan fingerprint density at radius 1 is 1.45 bits per heavy atom. The molecule has 110 valence electrons. The van der Waals surface area contributed by atoms with E-state index in [9.17, 15) is 13.6 Å². The number of halogens is 3. The minimum Gasteiger partial charge on any atom is -0.493 e. The lowest BCUT2D eigenvalue weighted by Crippen LogP contribution is -2.35. The van der Waals surface area contributed by atoms with Gasteiger partial charge in [0.15, 0.2) is 0 Å². The number of benzene rings is 1. The largest absolute Gasteiger partial charge is 0.493 e. The topological polar surface area (TPSA) is 50.4 Å². The van der Waals surface area contributed by atoms with E-state index in [1.54, 1.807) is 12.1 Å². The Kier molecular flexibility index (Phi) is 4.15. The summed E-state index contributed by atoms with van der Waals surface area (Å²) in [6.45, 7) is 0.201. The lowest BCUT2D eigenvalue weighted by atomic mass is 10.1. The average Bonchev–Trinajstić information content (AvgIpc) is 2.94. The average molecular weight is 305 g/mol. The summed E-state index contributed by atoms with van der Waals surface area (Å²) in [5, 5.41) is 5.19. The van der Waals surface area contributed by atoms with Crippen molar-refractivity contribution in [2.75, 3.05) is 18.5 Å². The van der Waals surface area contributed by atoms with Gasteiger partial charge in [-0.2, -0.15) is 0 Å². The van der Waals surface area contributed by atoms with Crippen molar-refractivity contribution < 1.29 is 18.3 Å². The first-order valence-electron chi connectivity index (χ1n) is 6.21. The minimum atomic E-state index is -2.80. The summed E-state index contributed by atoms with van der Waals surface area (Å²) in [6.07, 6.45) is 0.353. The van der Waals surface area contributed by atoms with E-state index >= 15 is 0 Å². The smallest absolute Gasteiger partial charge is 0.262 e. The van der Waals surface area contributed by atoms with Gasteiger partial charge in [0, 0.05) is 18.5 Å². The summed E-state index contributed by atoms with van der Waals surface area (Å²) in [5.74, 6) is -2.40. The molecule has 1 saturated heterocycles. The van der Waals surface area contributed by atoms with E-state index in [4.69, 9.17) is 4.74 Å². The van der Waals surface area contributed by atoms with Gasteiger partial charge in [0.1, 0.15) is 5.75 Å². The fraction of sp³-hybridized carbons (Fsp3) is 0.462. The van der Waals surface area contributed by atoms with Crippen LogP contribution in [0.4, 0.5) is 14.5 Å². The number of ether oxygens (including phenoxy) is 1. The van der Waals surface area contributed by atoms with Crippen LogP contribution in [0.25, 0.3) is 0 Å². The molecule has 1 amide bonds. The number of alkyl halides is 2. The summed E-state index contributed by atoms with van der Waals surface area (Å²) in [4.78, 5) is 11.9. The maximum atomic E-state index is 13.0. The van der Waals surface area contributed by atoms with Gasteiger partial charge in [-0.25, -0.2) is 8.78 Å².